The topological polar surface area (TPSA) is 122 Å². The molecule has 1 aliphatic carbocycles. The van der Waals surface area contributed by atoms with Crippen molar-refractivity contribution >= 4 is 23.4 Å². The third-order valence-corrected chi connectivity index (χ3v) is 6.92. The fourth-order valence-electron chi connectivity index (χ4n) is 5.11. The van der Waals surface area contributed by atoms with Gasteiger partial charge in [-0.25, -0.2) is 0 Å². The predicted octanol–water partition coefficient (Wildman–Crippen LogP) is 1.64. The van der Waals surface area contributed by atoms with E-state index in [4.69, 9.17) is 10.5 Å². The summed E-state index contributed by atoms with van der Waals surface area (Å²) in [5.74, 6) is -1.95. The second kappa shape index (κ2) is 8.58. The molecule has 8 nitrogen and oxygen atoms in total. The van der Waals surface area contributed by atoms with Crippen LogP contribution in [0.3, 0.4) is 0 Å². The van der Waals surface area contributed by atoms with E-state index in [-0.39, 0.29) is 17.9 Å². The van der Waals surface area contributed by atoms with E-state index in [1.54, 1.807) is 4.90 Å². The maximum absolute atomic E-state index is 13.2. The molecule has 4 rings (SSSR count). The van der Waals surface area contributed by atoms with E-state index < -0.39 is 29.3 Å². The summed E-state index contributed by atoms with van der Waals surface area (Å²) in [5, 5.41) is 12.9. The first-order valence-electron chi connectivity index (χ1n) is 11.2. The number of nitrogens with zero attached hydrogens (tertiary/aromatic N) is 1. The number of ether oxygens (including phenoxy) is 1. The van der Waals surface area contributed by atoms with Gasteiger partial charge in [-0.15, -0.1) is 0 Å². The number of benzene rings is 1. The van der Waals surface area contributed by atoms with Crippen LogP contribution in [0.2, 0.25) is 0 Å². The van der Waals surface area contributed by atoms with Crippen LogP contribution in [-0.2, 0) is 14.4 Å². The molecule has 1 spiro atoms. The Morgan fingerprint density at radius 1 is 1.28 bits per heavy atom. The predicted molar refractivity (Wildman–Crippen MR) is 119 cm³/mol. The number of nitrogens with two attached hydrogens (primary N) is 1. The highest BCUT2D eigenvalue weighted by atomic mass is 16.5. The number of carbonyl (C=O) groups excluding carboxylic acids is 2. The maximum atomic E-state index is 13.2. The van der Waals surface area contributed by atoms with Gasteiger partial charge in [0, 0.05) is 25.6 Å². The van der Waals surface area contributed by atoms with Crippen molar-refractivity contribution in [2.24, 2.45) is 23.0 Å². The summed E-state index contributed by atoms with van der Waals surface area (Å²) in [4.78, 5) is 38.4. The zero-order chi connectivity index (χ0) is 23.0. The fourth-order valence-corrected chi connectivity index (χ4v) is 5.11. The van der Waals surface area contributed by atoms with Gasteiger partial charge >= 0.3 is 5.97 Å². The Kier molecular flexibility index (Phi) is 5.99. The lowest BCUT2D eigenvalue weighted by molar-refractivity contribution is -0.150. The van der Waals surface area contributed by atoms with Crippen LogP contribution >= 0.6 is 0 Å². The number of piperidine rings is 1. The van der Waals surface area contributed by atoms with E-state index in [0.717, 1.165) is 16.9 Å². The smallest absolute Gasteiger partial charge is 0.308 e. The number of aliphatic carboxylic acids is 1. The molecule has 1 saturated carbocycles. The first kappa shape index (κ1) is 22.3. The maximum Gasteiger partial charge on any atom is 0.308 e. The zero-order valence-electron chi connectivity index (χ0n) is 18.5. The Hall–Kier alpha value is -2.87. The fraction of sp³-hybridized carbons (Fsp3) is 0.542. The summed E-state index contributed by atoms with van der Waals surface area (Å²) >= 11 is 0. The van der Waals surface area contributed by atoms with Crippen molar-refractivity contribution < 1.29 is 24.2 Å². The van der Waals surface area contributed by atoms with E-state index in [1.807, 2.05) is 44.2 Å². The van der Waals surface area contributed by atoms with Crippen LogP contribution in [0.1, 0.15) is 38.7 Å². The van der Waals surface area contributed by atoms with Crippen LogP contribution in [-0.4, -0.2) is 59.6 Å². The standard InChI is InChI=1S/C24H31N3O5/c1-14(2)32-17-5-3-4-16(10-17)15-6-8-27(9-7-15)22(29)20-18(23(30)31)11-24(13-26-20)12-19(24)21(25)28/h3-6,10,14,18-20,26H,7-9,11-13H2,1-2H3,(H2,25,28)(H,30,31). The van der Waals surface area contributed by atoms with Gasteiger partial charge in [-0.2, -0.15) is 0 Å². The minimum atomic E-state index is -1.01. The Labute approximate surface area is 187 Å². The lowest BCUT2D eigenvalue weighted by Crippen LogP contribution is -2.58. The Balaban J connectivity index is 1.42. The number of nitrogens with one attached hydrogen (secondary N) is 1. The van der Waals surface area contributed by atoms with Crippen LogP contribution in [0, 0.1) is 17.3 Å². The number of rotatable bonds is 6. The molecule has 2 aliphatic heterocycles. The van der Waals surface area contributed by atoms with Gasteiger partial charge < -0.3 is 25.8 Å². The van der Waals surface area contributed by atoms with E-state index in [9.17, 15) is 19.5 Å². The van der Waals surface area contributed by atoms with Crippen molar-refractivity contribution in [3.05, 3.63) is 35.9 Å². The van der Waals surface area contributed by atoms with Crippen molar-refractivity contribution in [3.8, 4) is 5.75 Å². The summed E-state index contributed by atoms with van der Waals surface area (Å²) in [5.41, 5.74) is 7.23. The summed E-state index contributed by atoms with van der Waals surface area (Å²) < 4.78 is 5.78. The monoisotopic (exact) mass is 441 g/mol. The van der Waals surface area contributed by atoms with Gasteiger partial charge in [0.25, 0.3) is 0 Å². The SMILES string of the molecule is CC(C)Oc1cccc(C2=CCN(C(=O)C3NCC4(CC3C(=O)O)CC4C(N)=O)CC2)c1. The van der Waals surface area contributed by atoms with Gasteiger partial charge in [0.15, 0.2) is 0 Å². The molecule has 1 aromatic rings. The third kappa shape index (κ3) is 4.37. The first-order chi connectivity index (χ1) is 15.2. The van der Waals surface area contributed by atoms with Crippen molar-refractivity contribution in [1.82, 2.24) is 10.2 Å². The van der Waals surface area contributed by atoms with Gasteiger partial charge in [-0.1, -0.05) is 18.2 Å². The average molecular weight is 442 g/mol. The van der Waals surface area contributed by atoms with Gasteiger partial charge in [-0.05, 0) is 61.8 Å². The molecule has 172 valence electrons. The summed E-state index contributed by atoms with van der Waals surface area (Å²) in [6.07, 6.45) is 3.71. The normalized spacial score (nSPS) is 29.5. The number of hydrogen-bond acceptors (Lipinski definition) is 5. The molecular weight excluding hydrogens is 410 g/mol. The minimum absolute atomic E-state index is 0.0944. The van der Waals surface area contributed by atoms with Crippen LogP contribution in [0.25, 0.3) is 5.57 Å². The van der Waals surface area contributed by atoms with Gasteiger partial charge in [0.2, 0.25) is 11.8 Å². The molecule has 2 heterocycles. The Bertz CT molecular complexity index is 959. The van der Waals surface area contributed by atoms with Crippen molar-refractivity contribution in [2.45, 2.75) is 45.3 Å². The molecule has 1 aromatic carbocycles. The van der Waals surface area contributed by atoms with E-state index in [0.29, 0.717) is 38.9 Å². The zero-order valence-corrected chi connectivity index (χ0v) is 18.5. The second-order valence-corrected chi connectivity index (χ2v) is 9.49. The highest BCUT2D eigenvalue weighted by molar-refractivity contribution is 5.89. The number of carbonyl (C=O) groups is 3. The molecule has 0 radical (unpaired) electrons. The number of hydrogen-bond donors (Lipinski definition) is 3. The molecule has 0 bridgehead atoms. The highest BCUT2D eigenvalue weighted by Gasteiger charge is 2.62. The second-order valence-electron chi connectivity index (χ2n) is 9.49. The molecule has 8 heteroatoms. The summed E-state index contributed by atoms with van der Waals surface area (Å²) in [6.45, 7) is 5.37. The average Bonchev–Trinajstić information content (AvgIpc) is 3.46. The summed E-state index contributed by atoms with van der Waals surface area (Å²) in [7, 11) is 0. The first-order valence-corrected chi connectivity index (χ1v) is 11.2. The largest absolute Gasteiger partial charge is 0.491 e. The molecule has 4 N–H and O–H groups in total. The molecule has 1 saturated heterocycles. The van der Waals surface area contributed by atoms with Crippen molar-refractivity contribution in [3.63, 3.8) is 0 Å². The van der Waals surface area contributed by atoms with E-state index >= 15 is 0 Å². The quantitative estimate of drug-likeness (QED) is 0.617. The number of carboxylic acids is 1. The van der Waals surface area contributed by atoms with Crippen LogP contribution < -0.4 is 15.8 Å². The lowest BCUT2D eigenvalue weighted by Gasteiger charge is -2.38. The molecule has 2 amide bonds. The van der Waals surface area contributed by atoms with Gasteiger partial charge in [0.05, 0.1) is 12.0 Å². The molecule has 32 heavy (non-hydrogen) atoms. The summed E-state index contributed by atoms with van der Waals surface area (Å²) in [6, 6.07) is 7.14. The highest BCUT2D eigenvalue weighted by Crippen LogP contribution is 2.58. The number of carboxylic acid groups (broad SMARTS) is 1. The third-order valence-electron chi connectivity index (χ3n) is 6.92. The lowest BCUT2D eigenvalue weighted by atomic mass is 9.80. The molecule has 3 aliphatic rings. The molecule has 0 aromatic heterocycles. The minimum Gasteiger partial charge on any atom is -0.491 e. The molecule has 4 atom stereocenters. The Morgan fingerprint density at radius 3 is 2.66 bits per heavy atom. The number of amides is 2. The molecule has 2 fully saturated rings. The Morgan fingerprint density at radius 2 is 2.06 bits per heavy atom. The van der Waals surface area contributed by atoms with E-state index in [1.165, 1.54) is 0 Å². The van der Waals surface area contributed by atoms with Gasteiger partial charge in [0.1, 0.15) is 11.8 Å². The van der Waals surface area contributed by atoms with Crippen molar-refractivity contribution in [2.75, 3.05) is 19.6 Å². The van der Waals surface area contributed by atoms with Crippen LogP contribution in [0.15, 0.2) is 30.3 Å². The molecule has 4 unspecified atom stereocenters. The molecular formula is C24H31N3O5. The van der Waals surface area contributed by atoms with Gasteiger partial charge in [-0.3, -0.25) is 14.4 Å². The van der Waals surface area contributed by atoms with Crippen LogP contribution in [0.5, 0.6) is 5.75 Å². The van der Waals surface area contributed by atoms with E-state index in [2.05, 4.69) is 5.32 Å². The van der Waals surface area contributed by atoms with Crippen LogP contribution in [0.4, 0.5) is 0 Å². The number of primary amides is 1. The van der Waals surface area contributed by atoms with Crippen molar-refractivity contribution in [1.29, 1.82) is 0 Å².